The number of benzene rings is 1. The van der Waals surface area contributed by atoms with Gasteiger partial charge >= 0.3 is 0 Å². The van der Waals surface area contributed by atoms with Gasteiger partial charge in [-0.15, -0.1) is 0 Å². The lowest BCUT2D eigenvalue weighted by molar-refractivity contribution is -0.0667. The van der Waals surface area contributed by atoms with Gasteiger partial charge in [-0.1, -0.05) is 11.6 Å². The van der Waals surface area contributed by atoms with E-state index in [1.807, 2.05) is 13.8 Å². The average molecular weight is 284 g/mol. The quantitative estimate of drug-likeness (QED) is 0.901. The van der Waals surface area contributed by atoms with Gasteiger partial charge in [0.05, 0.1) is 25.4 Å². The van der Waals surface area contributed by atoms with Crippen LogP contribution in [0.5, 0.6) is 0 Å². The summed E-state index contributed by atoms with van der Waals surface area (Å²) < 4.78 is 5.44. The molecule has 1 fully saturated rings. The zero-order valence-corrected chi connectivity index (χ0v) is 11.9. The lowest BCUT2D eigenvalue weighted by Crippen LogP contribution is -2.52. The maximum absolute atomic E-state index is 12.5. The summed E-state index contributed by atoms with van der Waals surface area (Å²) in [5.41, 5.74) is 1.51. The maximum Gasteiger partial charge on any atom is 0.254 e. The predicted molar refractivity (Wildman–Crippen MR) is 73.5 cm³/mol. The van der Waals surface area contributed by atoms with Crippen LogP contribution in [0.4, 0.5) is 0 Å². The molecule has 0 saturated carbocycles. The molecule has 2 atom stereocenters. The Morgan fingerprint density at radius 1 is 1.58 bits per heavy atom. The van der Waals surface area contributed by atoms with Crippen molar-refractivity contribution in [2.75, 3.05) is 19.8 Å². The van der Waals surface area contributed by atoms with Crippen LogP contribution in [0.15, 0.2) is 18.2 Å². The van der Waals surface area contributed by atoms with Crippen molar-refractivity contribution in [2.24, 2.45) is 0 Å². The molecule has 0 radical (unpaired) electrons. The number of halogens is 1. The van der Waals surface area contributed by atoms with Crippen molar-refractivity contribution in [3.63, 3.8) is 0 Å². The Morgan fingerprint density at radius 2 is 2.32 bits per heavy atom. The van der Waals surface area contributed by atoms with Crippen LogP contribution in [0.25, 0.3) is 0 Å². The molecule has 104 valence electrons. The number of ether oxygens (including phenoxy) is 1. The van der Waals surface area contributed by atoms with E-state index in [0.717, 1.165) is 5.56 Å². The normalized spacial score (nSPS) is 23.5. The second-order valence-electron chi connectivity index (χ2n) is 4.90. The molecule has 0 spiro atoms. The van der Waals surface area contributed by atoms with Crippen molar-refractivity contribution in [2.45, 2.75) is 26.0 Å². The molecule has 1 N–H and O–H groups in total. The summed E-state index contributed by atoms with van der Waals surface area (Å²) in [4.78, 5) is 14.3. The largest absolute Gasteiger partial charge is 0.394 e. The number of carbonyl (C=O) groups excluding carboxylic acids is 1. The third-order valence-electron chi connectivity index (χ3n) is 3.39. The zero-order valence-electron chi connectivity index (χ0n) is 11.1. The van der Waals surface area contributed by atoms with Gasteiger partial charge in [0.1, 0.15) is 0 Å². The molecule has 1 aromatic rings. The van der Waals surface area contributed by atoms with Gasteiger partial charge in [0.2, 0.25) is 0 Å². The minimum atomic E-state index is -0.298. The Kier molecular flexibility index (Phi) is 4.45. The molecular formula is C14H18ClNO3. The third kappa shape index (κ3) is 3.08. The predicted octanol–water partition coefficient (Wildman–Crippen LogP) is 1.87. The first kappa shape index (κ1) is 14.3. The highest BCUT2D eigenvalue weighted by atomic mass is 35.5. The highest BCUT2D eigenvalue weighted by molar-refractivity contribution is 6.30. The van der Waals surface area contributed by atoms with Crippen LogP contribution in [-0.2, 0) is 4.74 Å². The third-order valence-corrected chi connectivity index (χ3v) is 3.62. The zero-order chi connectivity index (χ0) is 14.0. The lowest BCUT2D eigenvalue weighted by Gasteiger charge is -2.37. The Bertz CT molecular complexity index is 478. The topological polar surface area (TPSA) is 49.8 Å². The summed E-state index contributed by atoms with van der Waals surface area (Å²) in [5.74, 6) is -0.0385. The van der Waals surface area contributed by atoms with Crippen molar-refractivity contribution in [1.29, 1.82) is 0 Å². The fraction of sp³-hybridized carbons (Fsp3) is 0.500. The standard InChI is InChI=1S/C14H18ClNO3/c1-9-5-11(15)3-4-13(9)14(18)16-6-12(7-17)19-8-10(16)2/h3-5,10,12,17H,6-8H2,1-2H3. The van der Waals surface area contributed by atoms with E-state index < -0.39 is 0 Å². The van der Waals surface area contributed by atoms with Crippen molar-refractivity contribution in [1.82, 2.24) is 4.90 Å². The van der Waals surface area contributed by atoms with Crippen molar-refractivity contribution in [3.8, 4) is 0 Å². The lowest BCUT2D eigenvalue weighted by atomic mass is 10.1. The fourth-order valence-corrected chi connectivity index (χ4v) is 2.46. The van der Waals surface area contributed by atoms with Crippen LogP contribution in [0.1, 0.15) is 22.8 Å². The number of aryl methyl sites for hydroxylation is 1. The van der Waals surface area contributed by atoms with E-state index in [-0.39, 0.29) is 24.7 Å². The molecule has 1 aliphatic rings. The van der Waals surface area contributed by atoms with E-state index in [9.17, 15) is 4.79 Å². The first-order valence-electron chi connectivity index (χ1n) is 6.32. The van der Waals surface area contributed by atoms with E-state index >= 15 is 0 Å². The monoisotopic (exact) mass is 283 g/mol. The number of hydrogen-bond donors (Lipinski definition) is 1. The molecule has 2 rings (SSSR count). The van der Waals surface area contributed by atoms with Crippen molar-refractivity contribution in [3.05, 3.63) is 34.3 Å². The first-order valence-corrected chi connectivity index (χ1v) is 6.70. The number of rotatable bonds is 2. The number of morpholine rings is 1. The van der Waals surface area contributed by atoms with Crippen LogP contribution in [-0.4, -0.2) is 47.8 Å². The first-order chi connectivity index (χ1) is 9.02. The van der Waals surface area contributed by atoms with Crippen LogP contribution in [0.3, 0.4) is 0 Å². The van der Waals surface area contributed by atoms with Crippen LogP contribution in [0, 0.1) is 6.92 Å². The van der Waals surface area contributed by atoms with Crippen molar-refractivity contribution < 1.29 is 14.6 Å². The SMILES string of the molecule is Cc1cc(Cl)ccc1C(=O)N1CC(CO)OCC1C. The Morgan fingerprint density at radius 3 is 2.95 bits per heavy atom. The molecule has 1 aromatic carbocycles. The van der Waals surface area contributed by atoms with Gasteiger partial charge in [0.15, 0.2) is 0 Å². The molecule has 5 heteroatoms. The van der Waals surface area contributed by atoms with Gasteiger partial charge in [-0.05, 0) is 37.6 Å². The maximum atomic E-state index is 12.5. The second kappa shape index (κ2) is 5.90. The summed E-state index contributed by atoms with van der Waals surface area (Å²) in [7, 11) is 0. The number of aliphatic hydroxyl groups is 1. The molecule has 1 amide bonds. The van der Waals surface area contributed by atoms with Crippen LogP contribution >= 0.6 is 11.6 Å². The second-order valence-corrected chi connectivity index (χ2v) is 5.34. The molecule has 4 nitrogen and oxygen atoms in total. The van der Waals surface area contributed by atoms with Gasteiger partial charge in [0, 0.05) is 17.1 Å². The van der Waals surface area contributed by atoms with Gasteiger partial charge < -0.3 is 14.7 Å². The molecule has 1 saturated heterocycles. The van der Waals surface area contributed by atoms with E-state index in [1.165, 1.54) is 0 Å². The summed E-state index contributed by atoms with van der Waals surface area (Å²) in [6.45, 7) is 4.60. The Hall–Kier alpha value is -1.10. The number of hydrogen-bond acceptors (Lipinski definition) is 3. The van der Waals surface area contributed by atoms with Gasteiger partial charge in [-0.25, -0.2) is 0 Å². The molecule has 1 heterocycles. The minimum Gasteiger partial charge on any atom is -0.394 e. The van der Waals surface area contributed by atoms with E-state index in [2.05, 4.69) is 0 Å². The summed E-state index contributed by atoms with van der Waals surface area (Å²) in [5, 5.41) is 9.78. The van der Waals surface area contributed by atoms with E-state index in [0.29, 0.717) is 23.7 Å². The van der Waals surface area contributed by atoms with E-state index in [1.54, 1.807) is 23.1 Å². The smallest absolute Gasteiger partial charge is 0.254 e. The molecular weight excluding hydrogens is 266 g/mol. The number of amides is 1. The molecule has 2 unspecified atom stereocenters. The Balaban J connectivity index is 2.22. The van der Waals surface area contributed by atoms with E-state index in [4.69, 9.17) is 21.4 Å². The summed E-state index contributed by atoms with van der Waals surface area (Å²) in [6, 6.07) is 5.25. The molecule has 1 aliphatic heterocycles. The molecule has 0 aliphatic carbocycles. The number of carbonyl (C=O) groups is 1. The Labute approximate surface area is 117 Å². The minimum absolute atomic E-state index is 0.00498. The van der Waals surface area contributed by atoms with Crippen LogP contribution in [0.2, 0.25) is 5.02 Å². The fourth-order valence-electron chi connectivity index (χ4n) is 2.23. The number of nitrogens with zero attached hydrogens (tertiary/aromatic N) is 1. The van der Waals surface area contributed by atoms with Gasteiger partial charge in [0.25, 0.3) is 5.91 Å². The van der Waals surface area contributed by atoms with Gasteiger partial charge in [-0.2, -0.15) is 0 Å². The molecule has 0 bridgehead atoms. The van der Waals surface area contributed by atoms with Crippen molar-refractivity contribution >= 4 is 17.5 Å². The average Bonchev–Trinajstić information content (AvgIpc) is 2.38. The number of aliphatic hydroxyl groups excluding tert-OH is 1. The van der Waals surface area contributed by atoms with Crippen LogP contribution < -0.4 is 0 Å². The molecule has 19 heavy (non-hydrogen) atoms. The molecule has 0 aromatic heterocycles. The van der Waals surface area contributed by atoms with Gasteiger partial charge in [-0.3, -0.25) is 4.79 Å². The highest BCUT2D eigenvalue weighted by Crippen LogP contribution is 2.20. The summed E-state index contributed by atoms with van der Waals surface area (Å²) >= 11 is 5.90. The summed E-state index contributed by atoms with van der Waals surface area (Å²) in [6.07, 6.45) is -0.298. The highest BCUT2D eigenvalue weighted by Gasteiger charge is 2.30.